The lowest BCUT2D eigenvalue weighted by Gasteiger charge is -2.39. The number of nitrogens with zero attached hydrogens (tertiary/aromatic N) is 1. The predicted octanol–water partition coefficient (Wildman–Crippen LogP) is 4.35. The third kappa shape index (κ3) is 4.87. The summed E-state index contributed by atoms with van der Waals surface area (Å²) in [5.74, 6) is -0.856. The molecule has 0 aliphatic carbocycles. The lowest BCUT2D eigenvalue weighted by Crippen LogP contribution is -2.60. The lowest BCUT2D eigenvalue weighted by atomic mass is 9.86. The Morgan fingerprint density at radius 2 is 1.62 bits per heavy atom. The van der Waals surface area contributed by atoms with Gasteiger partial charge in [0.05, 0.1) is 18.8 Å². The standard InChI is InChI=1S/C26H33NO5/c1-18(2)22(28)26(5,31-17-20-14-10-7-11-15-20)23(29)27-21(25(3,4)32-24(27)30)16-19-12-8-6-9-13-19/h6-15,18,21-22,28H,16-17H2,1-5H3/t21-,22-,26-/m0/s1. The summed E-state index contributed by atoms with van der Waals surface area (Å²) in [6.45, 7) is 8.91. The van der Waals surface area contributed by atoms with Gasteiger partial charge in [-0.3, -0.25) is 4.79 Å². The van der Waals surface area contributed by atoms with Crippen molar-refractivity contribution in [3.05, 3.63) is 71.8 Å². The summed E-state index contributed by atoms with van der Waals surface area (Å²) < 4.78 is 11.7. The topological polar surface area (TPSA) is 76.1 Å². The molecule has 1 N–H and O–H groups in total. The molecule has 0 saturated carbocycles. The normalized spacial score (nSPS) is 20.7. The number of carbonyl (C=O) groups excluding carboxylic acids is 2. The van der Waals surface area contributed by atoms with Gasteiger partial charge < -0.3 is 14.6 Å². The van der Waals surface area contributed by atoms with Gasteiger partial charge in [-0.05, 0) is 44.2 Å². The minimum absolute atomic E-state index is 0.127. The SMILES string of the molecule is CC(C)[C@H](O)[C@](C)(OCc1ccccc1)C(=O)N1C(=O)OC(C)(C)[C@@H]1Cc1ccccc1. The van der Waals surface area contributed by atoms with E-state index in [1.165, 1.54) is 0 Å². The van der Waals surface area contributed by atoms with Crippen molar-refractivity contribution in [2.75, 3.05) is 0 Å². The third-order valence-electron chi connectivity index (χ3n) is 6.15. The Morgan fingerprint density at radius 1 is 1.09 bits per heavy atom. The maximum atomic E-state index is 13.9. The Balaban J connectivity index is 1.94. The second kappa shape index (κ2) is 9.43. The Hall–Kier alpha value is -2.70. The summed E-state index contributed by atoms with van der Waals surface area (Å²) in [6.07, 6.45) is -1.39. The number of rotatable bonds is 8. The van der Waals surface area contributed by atoms with E-state index in [0.717, 1.165) is 16.0 Å². The minimum atomic E-state index is -1.63. The van der Waals surface area contributed by atoms with Crippen molar-refractivity contribution in [3.63, 3.8) is 0 Å². The fraction of sp³-hybridized carbons (Fsp3) is 0.462. The number of cyclic esters (lactones) is 1. The number of ether oxygens (including phenoxy) is 2. The van der Waals surface area contributed by atoms with Gasteiger partial charge >= 0.3 is 6.09 Å². The Morgan fingerprint density at radius 3 is 2.16 bits per heavy atom. The van der Waals surface area contributed by atoms with Crippen molar-refractivity contribution in [1.82, 2.24) is 4.90 Å². The molecule has 6 heteroatoms. The molecule has 32 heavy (non-hydrogen) atoms. The van der Waals surface area contributed by atoms with Gasteiger partial charge in [-0.1, -0.05) is 74.5 Å². The molecule has 1 heterocycles. The molecule has 1 fully saturated rings. The summed E-state index contributed by atoms with van der Waals surface area (Å²) in [5, 5.41) is 11.0. The van der Waals surface area contributed by atoms with Crippen molar-refractivity contribution < 1.29 is 24.2 Å². The van der Waals surface area contributed by atoms with E-state index in [1.54, 1.807) is 20.8 Å². The van der Waals surface area contributed by atoms with E-state index in [4.69, 9.17) is 9.47 Å². The van der Waals surface area contributed by atoms with Crippen LogP contribution >= 0.6 is 0 Å². The Kier molecular flexibility index (Phi) is 7.06. The highest BCUT2D eigenvalue weighted by Gasteiger charge is 2.56. The van der Waals surface area contributed by atoms with E-state index in [0.29, 0.717) is 6.42 Å². The number of aliphatic hydroxyl groups is 1. The first kappa shape index (κ1) is 24.0. The van der Waals surface area contributed by atoms with Crippen LogP contribution in [0, 0.1) is 5.92 Å². The third-order valence-corrected chi connectivity index (χ3v) is 6.15. The van der Waals surface area contributed by atoms with Gasteiger partial charge in [-0.25, -0.2) is 9.69 Å². The van der Waals surface area contributed by atoms with Crippen molar-refractivity contribution in [2.45, 2.75) is 71.0 Å². The number of aliphatic hydroxyl groups excluding tert-OH is 1. The van der Waals surface area contributed by atoms with Crippen molar-refractivity contribution >= 4 is 12.0 Å². The van der Waals surface area contributed by atoms with Crippen LogP contribution in [0.1, 0.15) is 45.7 Å². The van der Waals surface area contributed by atoms with Crippen LogP contribution in [0.3, 0.4) is 0 Å². The second-order valence-corrected chi connectivity index (χ2v) is 9.42. The van der Waals surface area contributed by atoms with Gasteiger partial charge in [-0.2, -0.15) is 0 Å². The van der Waals surface area contributed by atoms with Gasteiger partial charge in [0, 0.05) is 0 Å². The number of carbonyl (C=O) groups is 2. The molecule has 1 aliphatic rings. The van der Waals surface area contributed by atoms with Crippen LogP contribution in [0.2, 0.25) is 0 Å². The maximum absolute atomic E-state index is 13.9. The molecule has 0 radical (unpaired) electrons. The van der Waals surface area contributed by atoms with Gasteiger partial charge in [-0.15, -0.1) is 0 Å². The summed E-state index contributed by atoms with van der Waals surface area (Å²) in [7, 11) is 0. The molecular formula is C26H33NO5. The predicted molar refractivity (Wildman–Crippen MR) is 122 cm³/mol. The average Bonchev–Trinajstić information content (AvgIpc) is 2.99. The van der Waals surface area contributed by atoms with Crippen molar-refractivity contribution in [1.29, 1.82) is 0 Å². The monoisotopic (exact) mass is 439 g/mol. The highest BCUT2D eigenvalue weighted by atomic mass is 16.6. The molecule has 1 saturated heterocycles. The zero-order valence-corrected chi connectivity index (χ0v) is 19.4. The van der Waals surface area contributed by atoms with E-state index < -0.39 is 35.3 Å². The van der Waals surface area contributed by atoms with Gasteiger partial charge in [0.2, 0.25) is 0 Å². The van der Waals surface area contributed by atoms with E-state index in [2.05, 4.69) is 0 Å². The number of benzene rings is 2. The molecule has 2 amide bonds. The molecule has 2 aromatic rings. The lowest BCUT2D eigenvalue weighted by molar-refractivity contribution is -0.178. The fourth-order valence-corrected chi connectivity index (χ4v) is 4.14. The van der Waals surface area contributed by atoms with E-state index in [1.807, 2.05) is 74.5 Å². The van der Waals surface area contributed by atoms with Gasteiger partial charge in [0.1, 0.15) is 5.60 Å². The highest BCUT2D eigenvalue weighted by Crippen LogP contribution is 2.36. The largest absolute Gasteiger partial charge is 0.441 e. The van der Waals surface area contributed by atoms with E-state index in [9.17, 15) is 14.7 Å². The number of imide groups is 1. The molecule has 2 aromatic carbocycles. The Bertz CT molecular complexity index is 928. The Labute approximate surface area is 190 Å². The molecule has 0 unspecified atom stereocenters. The zero-order valence-electron chi connectivity index (χ0n) is 19.4. The van der Waals surface area contributed by atoms with E-state index >= 15 is 0 Å². The van der Waals surface area contributed by atoms with Crippen LogP contribution in [-0.4, -0.2) is 45.4 Å². The summed E-state index contributed by atoms with van der Waals surface area (Å²) in [4.78, 5) is 27.9. The van der Waals surface area contributed by atoms with Crippen molar-refractivity contribution in [2.24, 2.45) is 5.92 Å². The highest BCUT2D eigenvalue weighted by molar-refractivity contribution is 5.99. The van der Waals surface area contributed by atoms with Gasteiger partial charge in [0.25, 0.3) is 5.91 Å². The molecule has 3 atom stereocenters. The van der Waals surface area contributed by atoms with Crippen LogP contribution in [0.25, 0.3) is 0 Å². The number of amides is 2. The molecule has 1 aliphatic heterocycles. The zero-order chi connectivity index (χ0) is 23.5. The first-order chi connectivity index (χ1) is 15.1. The summed E-state index contributed by atoms with van der Waals surface area (Å²) in [6, 6.07) is 18.6. The minimum Gasteiger partial charge on any atom is -0.441 e. The van der Waals surface area contributed by atoms with Crippen LogP contribution in [0.15, 0.2) is 60.7 Å². The number of hydrogen-bond acceptors (Lipinski definition) is 5. The quantitative estimate of drug-likeness (QED) is 0.662. The molecule has 172 valence electrons. The molecule has 0 bridgehead atoms. The van der Waals surface area contributed by atoms with E-state index in [-0.39, 0.29) is 12.5 Å². The first-order valence-corrected chi connectivity index (χ1v) is 11.0. The fourth-order valence-electron chi connectivity index (χ4n) is 4.14. The molecule has 0 spiro atoms. The molecule has 6 nitrogen and oxygen atoms in total. The van der Waals surface area contributed by atoms with Crippen molar-refractivity contribution in [3.8, 4) is 0 Å². The van der Waals surface area contributed by atoms with Crippen LogP contribution < -0.4 is 0 Å². The molecule has 0 aromatic heterocycles. The number of hydrogen-bond donors (Lipinski definition) is 1. The van der Waals surface area contributed by atoms with Crippen LogP contribution in [0.5, 0.6) is 0 Å². The molecular weight excluding hydrogens is 406 g/mol. The van der Waals surface area contributed by atoms with Crippen LogP contribution in [0.4, 0.5) is 4.79 Å². The average molecular weight is 440 g/mol. The van der Waals surface area contributed by atoms with Crippen LogP contribution in [-0.2, 0) is 27.3 Å². The smallest absolute Gasteiger partial charge is 0.417 e. The summed E-state index contributed by atoms with van der Waals surface area (Å²) >= 11 is 0. The van der Waals surface area contributed by atoms with Gasteiger partial charge in [0.15, 0.2) is 5.60 Å². The molecule has 3 rings (SSSR count). The summed E-state index contributed by atoms with van der Waals surface area (Å²) in [5.41, 5.74) is -0.657. The first-order valence-electron chi connectivity index (χ1n) is 11.0. The second-order valence-electron chi connectivity index (χ2n) is 9.42. The maximum Gasteiger partial charge on any atom is 0.417 e.